The summed E-state index contributed by atoms with van der Waals surface area (Å²) in [7, 11) is -1.03. The number of thiophene rings is 1. The van der Waals surface area contributed by atoms with Crippen LogP contribution in [0.15, 0.2) is 89.4 Å². The minimum Gasteiger partial charge on any atom is -0.448 e. The van der Waals surface area contributed by atoms with Crippen molar-refractivity contribution in [2.75, 3.05) is 26.1 Å². The molecular weight excluding hydrogens is 583 g/mol. The van der Waals surface area contributed by atoms with Gasteiger partial charge >= 0.3 is 13.6 Å². The third-order valence-electron chi connectivity index (χ3n) is 6.84. The molecular formula is C29H29N2O7PS2. The van der Waals surface area contributed by atoms with E-state index in [0.717, 1.165) is 16.0 Å². The van der Waals surface area contributed by atoms with Gasteiger partial charge in [-0.2, -0.15) is 0 Å². The molecule has 0 saturated carbocycles. The lowest BCUT2D eigenvalue weighted by atomic mass is 10.0. The molecule has 2 aliphatic rings. The van der Waals surface area contributed by atoms with E-state index in [1.165, 1.54) is 42.2 Å². The number of hydrogen-bond donors (Lipinski definition) is 1. The quantitative estimate of drug-likeness (QED) is 0.188. The predicted octanol–water partition coefficient (Wildman–Crippen LogP) is 4.76. The van der Waals surface area contributed by atoms with Gasteiger partial charge in [-0.05, 0) is 28.1 Å². The maximum atomic E-state index is 14.0. The van der Waals surface area contributed by atoms with E-state index >= 15 is 0 Å². The SMILES string of the molecule is COP(=O)(CC1=C(C(=O)OC(c2ccccc2)c2ccccc2)N2C(=O)[C@@H](NC(=O)Cc3cccs3)[C@H]2SC1)OC. The number of carbonyl (C=O) groups is 3. The van der Waals surface area contributed by atoms with Crippen LogP contribution in [-0.2, 0) is 39.2 Å². The summed E-state index contributed by atoms with van der Waals surface area (Å²) in [6.07, 6.45) is -0.777. The normalized spacial score (nSPS) is 18.6. The van der Waals surface area contributed by atoms with Crippen LogP contribution >= 0.6 is 30.7 Å². The van der Waals surface area contributed by atoms with Crippen LogP contribution in [0, 0.1) is 0 Å². The van der Waals surface area contributed by atoms with Crippen molar-refractivity contribution in [3.05, 3.63) is 105 Å². The minimum atomic E-state index is -3.58. The number of nitrogens with zero attached hydrogens (tertiary/aromatic N) is 1. The Morgan fingerprint density at radius 2 is 1.63 bits per heavy atom. The largest absolute Gasteiger partial charge is 0.448 e. The maximum Gasteiger partial charge on any atom is 0.356 e. The zero-order chi connectivity index (χ0) is 29.0. The van der Waals surface area contributed by atoms with Crippen molar-refractivity contribution < 1.29 is 32.7 Å². The first kappa shape index (κ1) is 29.3. The minimum absolute atomic E-state index is 0.00805. The average Bonchev–Trinajstić information content (AvgIpc) is 3.52. The van der Waals surface area contributed by atoms with Crippen LogP contribution in [0.5, 0.6) is 0 Å². The van der Waals surface area contributed by atoms with E-state index in [0.29, 0.717) is 5.57 Å². The van der Waals surface area contributed by atoms with E-state index < -0.39 is 37.0 Å². The van der Waals surface area contributed by atoms with Gasteiger partial charge in [-0.1, -0.05) is 66.7 Å². The second kappa shape index (κ2) is 12.8. The summed E-state index contributed by atoms with van der Waals surface area (Å²) in [5.74, 6) is -1.18. The summed E-state index contributed by atoms with van der Waals surface area (Å²) in [6.45, 7) is 0. The van der Waals surface area contributed by atoms with Crippen molar-refractivity contribution in [3.63, 3.8) is 0 Å². The molecule has 0 bridgehead atoms. The molecule has 2 amide bonds. The number of thioether (sulfide) groups is 1. The van der Waals surface area contributed by atoms with Crippen LogP contribution in [0.1, 0.15) is 22.1 Å². The van der Waals surface area contributed by atoms with E-state index in [9.17, 15) is 18.9 Å². The number of rotatable bonds is 11. The Hall–Kier alpha value is -3.21. The van der Waals surface area contributed by atoms with E-state index in [1.54, 1.807) is 0 Å². The number of amides is 2. The molecule has 2 atom stereocenters. The average molecular weight is 613 g/mol. The Labute approximate surface area is 246 Å². The Balaban J connectivity index is 1.44. The van der Waals surface area contributed by atoms with E-state index in [2.05, 4.69) is 5.32 Å². The van der Waals surface area contributed by atoms with Gasteiger partial charge in [0, 0.05) is 24.8 Å². The number of fused-ring (bicyclic) bond motifs is 1. The highest BCUT2D eigenvalue weighted by Crippen LogP contribution is 2.51. The van der Waals surface area contributed by atoms with Crippen molar-refractivity contribution in [2.45, 2.75) is 23.9 Å². The zero-order valence-corrected chi connectivity index (χ0v) is 25.0. The molecule has 0 spiro atoms. The van der Waals surface area contributed by atoms with Crippen molar-refractivity contribution in [2.24, 2.45) is 0 Å². The Morgan fingerprint density at radius 3 is 2.20 bits per heavy atom. The lowest BCUT2D eigenvalue weighted by Crippen LogP contribution is -2.70. The fourth-order valence-electron chi connectivity index (χ4n) is 4.77. The molecule has 1 N–H and O–H groups in total. The summed E-state index contributed by atoms with van der Waals surface area (Å²) >= 11 is 2.84. The van der Waals surface area contributed by atoms with E-state index in [1.807, 2.05) is 78.2 Å². The number of benzene rings is 2. The van der Waals surface area contributed by atoms with Crippen molar-refractivity contribution in [3.8, 4) is 0 Å². The molecule has 1 saturated heterocycles. The molecule has 2 aromatic carbocycles. The van der Waals surface area contributed by atoms with Gasteiger partial charge in [-0.3, -0.25) is 19.1 Å². The summed E-state index contributed by atoms with van der Waals surface area (Å²) < 4.78 is 29.5. The number of carbonyl (C=O) groups excluding carboxylic acids is 3. The molecule has 12 heteroatoms. The summed E-state index contributed by atoms with van der Waals surface area (Å²) in [6, 6.07) is 21.5. The second-order valence-corrected chi connectivity index (χ2v) is 13.8. The van der Waals surface area contributed by atoms with Gasteiger partial charge in [0.15, 0.2) is 6.10 Å². The number of β-lactam (4-membered cyclic amide) rings is 1. The molecule has 3 heterocycles. The van der Waals surface area contributed by atoms with E-state index in [4.69, 9.17) is 13.8 Å². The van der Waals surface area contributed by atoms with Gasteiger partial charge < -0.3 is 19.1 Å². The maximum absolute atomic E-state index is 14.0. The monoisotopic (exact) mass is 612 g/mol. The molecule has 0 aliphatic carbocycles. The third kappa shape index (κ3) is 6.34. The van der Waals surface area contributed by atoms with Gasteiger partial charge in [0.25, 0.3) is 5.91 Å². The molecule has 1 aromatic heterocycles. The van der Waals surface area contributed by atoms with Crippen LogP contribution in [0.2, 0.25) is 0 Å². The third-order valence-corrected chi connectivity index (χ3v) is 10.9. The molecule has 5 rings (SSSR count). The Bertz CT molecular complexity index is 1430. The fourth-order valence-corrected chi connectivity index (χ4v) is 8.11. The molecule has 0 unspecified atom stereocenters. The lowest BCUT2D eigenvalue weighted by molar-refractivity contribution is -0.154. The van der Waals surface area contributed by atoms with E-state index in [-0.39, 0.29) is 29.9 Å². The first-order valence-corrected chi connectivity index (χ1v) is 16.5. The number of esters is 1. The Kier molecular flexibility index (Phi) is 9.11. The summed E-state index contributed by atoms with van der Waals surface area (Å²) in [4.78, 5) is 42.3. The van der Waals surface area contributed by atoms with Crippen molar-refractivity contribution >= 4 is 48.5 Å². The molecule has 2 aliphatic heterocycles. The van der Waals surface area contributed by atoms with Gasteiger partial charge in [-0.25, -0.2) is 4.79 Å². The summed E-state index contributed by atoms with van der Waals surface area (Å²) in [5, 5.41) is 4.19. The zero-order valence-electron chi connectivity index (χ0n) is 22.4. The van der Waals surface area contributed by atoms with Crippen molar-refractivity contribution in [1.29, 1.82) is 0 Å². The highest BCUT2D eigenvalue weighted by Gasteiger charge is 2.55. The molecule has 1 fully saturated rings. The fraction of sp³-hybridized carbons (Fsp3) is 0.276. The van der Waals surface area contributed by atoms with Crippen molar-refractivity contribution in [1.82, 2.24) is 10.2 Å². The van der Waals surface area contributed by atoms with Crippen LogP contribution in [-0.4, -0.2) is 60.2 Å². The van der Waals surface area contributed by atoms with Gasteiger partial charge in [0.1, 0.15) is 17.1 Å². The topological polar surface area (TPSA) is 111 Å². The van der Waals surface area contributed by atoms with Crippen LogP contribution in [0.25, 0.3) is 0 Å². The first-order chi connectivity index (χ1) is 19.8. The molecule has 41 heavy (non-hydrogen) atoms. The molecule has 3 aromatic rings. The Morgan fingerprint density at radius 1 is 1.00 bits per heavy atom. The smallest absolute Gasteiger partial charge is 0.356 e. The molecule has 0 radical (unpaired) electrons. The van der Waals surface area contributed by atoms with Crippen LogP contribution in [0.3, 0.4) is 0 Å². The number of nitrogens with one attached hydrogen (secondary N) is 1. The van der Waals surface area contributed by atoms with Gasteiger partial charge in [0.2, 0.25) is 5.91 Å². The van der Waals surface area contributed by atoms with Gasteiger partial charge in [0.05, 0.1) is 12.6 Å². The summed E-state index contributed by atoms with van der Waals surface area (Å²) in [5.41, 5.74) is 1.93. The second-order valence-electron chi connectivity index (χ2n) is 9.40. The van der Waals surface area contributed by atoms with Crippen LogP contribution < -0.4 is 5.32 Å². The van der Waals surface area contributed by atoms with Gasteiger partial charge in [-0.15, -0.1) is 23.1 Å². The molecule has 214 valence electrons. The standard InChI is InChI=1S/C29H29N2O7PS2/c1-36-39(35,37-2)17-21-18-41-28-24(30-23(32)16-22-14-9-15-40-22)27(33)31(28)25(21)29(34)38-26(19-10-5-3-6-11-19)20-12-7-4-8-13-20/h3-15,24,26,28H,16-18H2,1-2H3,(H,30,32)/t24-,28-/m1/s1. The molecule has 9 nitrogen and oxygen atoms in total. The predicted molar refractivity (Wildman–Crippen MR) is 157 cm³/mol. The number of hydrogen-bond acceptors (Lipinski definition) is 9. The number of ether oxygens (including phenoxy) is 1. The lowest BCUT2D eigenvalue weighted by Gasteiger charge is -2.50. The highest BCUT2D eigenvalue weighted by molar-refractivity contribution is 8.00. The first-order valence-electron chi connectivity index (χ1n) is 12.8. The highest BCUT2D eigenvalue weighted by atomic mass is 32.2. The van der Waals surface area contributed by atoms with Crippen LogP contribution in [0.4, 0.5) is 0 Å².